The Hall–Kier alpha value is -1.38. The van der Waals surface area contributed by atoms with E-state index in [0.717, 1.165) is 0 Å². The summed E-state index contributed by atoms with van der Waals surface area (Å²) < 4.78 is 0. The summed E-state index contributed by atoms with van der Waals surface area (Å²) in [7, 11) is 0. The van der Waals surface area contributed by atoms with Crippen molar-refractivity contribution < 1.29 is 5.11 Å². The van der Waals surface area contributed by atoms with E-state index in [1.54, 1.807) is 12.1 Å². The highest BCUT2D eigenvalue weighted by Gasteiger charge is 2.22. The number of anilines is 2. The third-order valence-corrected chi connectivity index (χ3v) is 2.01. The van der Waals surface area contributed by atoms with Crippen LogP contribution >= 0.6 is 0 Å². The fourth-order valence-electron chi connectivity index (χ4n) is 1.41. The Kier molecular flexibility index (Phi) is 2.12. The number of hydrogen-bond acceptors (Lipinski definition) is 3. The number of aromatic hydroxyl groups is 1. The molecule has 13 heavy (non-hydrogen) atoms. The van der Waals surface area contributed by atoms with Gasteiger partial charge in [0.1, 0.15) is 5.75 Å². The molecule has 0 heterocycles. The minimum Gasteiger partial charge on any atom is -0.508 e. The highest BCUT2D eigenvalue weighted by atomic mass is 16.3. The molecule has 5 N–H and O–H groups in total. The van der Waals surface area contributed by atoms with Gasteiger partial charge < -0.3 is 16.6 Å². The van der Waals surface area contributed by atoms with Crippen molar-refractivity contribution in [3.05, 3.63) is 17.7 Å². The van der Waals surface area contributed by atoms with E-state index in [-0.39, 0.29) is 11.2 Å². The molecule has 0 unspecified atom stereocenters. The van der Waals surface area contributed by atoms with Crippen LogP contribution in [0.2, 0.25) is 0 Å². The maximum Gasteiger partial charge on any atom is 0.121 e. The van der Waals surface area contributed by atoms with Gasteiger partial charge in [0.15, 0.2) is 0 Å². The second kappa shape index (κ2) is 2.83. The Morgan fingerprint density at radius 1 is 1.15 bits per heavy atom. The van der Waals surface area contributed by atoms with Crippen molar-refractivity contribution >= 4 is 11.4 Å². The smallest absolute Gasteiger partial charge is 0.121 e. The Labute approximate surface area is 78.4 Å². The number of phenolic OH excluding ortho intramolecular Hbond substituents is 1. The molecule has 0 atom stereocenters. The highest BCUT2D eigenvalue weighted by Crippen LogP contribution is 2.37. The zero-order chi connectivity index (χ0) is 10.2. The van der Waals surface area contributed by atoms with Crippen LogP contribution in [0.1, 0.15) is 26.3 Å². The monoisotopic (exact) mass is 180 g/mol. The minimum absolute atomic E-state index is 0.191. The van der Waals surface area contributed by atoms with E-state index < -0.39 is 0 Å². The Bertz CT molecular complexity index is 326. The molecule has 0 fully saturated rings. The van der Waals surface area contributed by atoms with Crippen molar-refractivity contribution in [3.63, 3.8) is 0 Å². The molecule has 0 aliphatic rings. The molecule has 0 spiro atoms. The van der Waals surface area contributed by atoms with Crippen LogP contribution in [0, 0.1) is 0 Å². The van der Waals surface area contributed by atoms with Gasteiger partial charge in [0.05, 0.1) is 11.4 Å². The van der Waals surface area contributed by atoms with Gasteiger partial charge in [0, 0.05) is 5.56 Å². The fourth-order valence-corrected chi connectivity index (χ4v) is 1.41. The zero-order valence-corrected chi connectivity index (χ0v) is 8.26. The van der Waals surface area contributed by atoms with Gasteiger partial charge >= 0.3 is 0 Å². The average molecular weight is 180 g/mol. The molecule has 0 aliphatic carbocycles. The van der Waals surface area contributed by atoms with Crippen molar-refractivity contribution in [2.45, 2.75) is 26.2 Å². The standard InChI is InChI=1S/C10H16N2O/c1-10(2,3)8-7(13)5-4-6(11)9(8)12/h4-5,13H,11-12H2,1-3H3. The first-order valence-electron chi connectivity index (χ1n) is 4.21. The lowest BCUT2D eigenvalue weighted by Crippen LogP contribution is -2.15. The van der Waals surface area contributed by atoms with Crippen molar-refractivity contribution in [1.29, 1.82) is 0 Å². The van der Waals surface area contributed by atoms with E-state index in [1.165, 1.54) is 0 Å². The molecule has 0 saturated carbocycles. The molecule has 1 rings (SSSR count). The van der Waals surface area contributed by atoms with Gasteiger partial charge in [-0.15, -0.1) is 0 Å². The highest BCUT2D eigenvalue weighted by molar-refractivity contribution is 5.72. The first-order valence-corrected chi connectivity index (χ1v) is 4.21. The van der Waals surface area contributed by atoms with Gasteiger partial charge in [-0.2, -0.15) is 0 Å². The topological polar surface area (TPSA) is 72.3 Å². The van der Waals surface area contributed by atoms with E-state index in [1.807, 2.05) is 20.8 Å². The zero-order valence-electron chi connectivity index (χ0n) is 8.26. The third-order valence-electron chi connectivity index (χ3n) is 2.01. The summed E-state index contributed by atoms with van der Waals surface area (Å²) in [5.41, 5.74) is 13.0. The molecule has 0 saturated heterocycles. The molecule has 72 valence electrons. The Morgan fingerprint density at radius 3 is 2.08 bits per heavy atom. The van der Waals surface area contributed by atoms with Gasteiger partial charge in [-0.05, 0) is 17.5 Å². The summed E-state index contributed by atoms with van der Waals surface area (Å²) in [4.78, 5) is 0. The molecule has 1 aromatic carbocycles. The molecule has 0 aliphatic heterocycles. The average Bonchev–Trinajstić information content (AvgIpc) is 1.95. The van der Waals surface area contributed by atoms with Crippen molar-refractivity contribution in [1.82, 2.24) is 0 Å². The first kappa shape index (κ1) is 9.71. The summed E-state index contributed by atoms with van der Waals surface area (Å²) in [5, 5.41) is 9.62. The Morgan fingerprint density at radius 2 is 1.69 bits per heavy atom. The van der Waals surface area contributed by atoms with E-state index in [2.05, 4.69) is 0 Å². The predicted octanol–water partition coefficient (Wildman–Crippen LogP) is 1.85. The van der Waals surface area contributed by atoms with Gasteiger partial charge in [-0.1, -0.05) is 20.8 Å². The lowest BCUT2D eigenvalue weighted by Gasteiger charge is -2.23. The molecule has 1 aromatic rings. The van der Waals surface area contributed by atoms with Gasteiger partial charge in [-0.25, -0.2) is 0 Å². The molecular weight excluding hydrogens is 164 g/mol. The Balaban J connectivity index is 3.43. The summed E-state index contributed by atoms with van der Waals surface area (Å²) >= 11 is 0. The van der Waals surface area contributed by atoms with E-state index in [9.17, 15) is 5.11 Å². The van der Waals surface area contributed by atoms with Crippen LogP contribution in [0.4, 0.5) is 11.4 Å². The van der Waals surface area contributed by atoms with Gasteiger partial charge in [0.25, 0.3) is 0 Å². The normalized spacial score (nSPS) is 11.6. The largest absolute Gasteiger partial charge is 0.508 e. The van der Waals surface area contributed by atoms with Crippen molar-refractivity contribution in [2.75, 3.05) is 11.5 Å². The number of benzene rings is 1. The molecule has 0 aromatic heterocycles. The second-order valence-electron chi connectivity index (χ2n) is 4.21. The van der Waals surface area contributed by atoms with Gasteiger partial charge in [-0.3, -0.25) is 0 Å². The van der Waals surface area contributed by atoms with Crippen LogP contribution < -0.4 is 11.5 Å². The maximum atomic E-state index is 9.62. The SMILES string of the molecule is CC(C)(C)c1c(O)ccc(N)c1N. The number of hydrogen-bond donors (Lipinski definition) is 3. The van der Waals surface area contributed by atoms with Crippen LogP contribution in [0.5, 0.6) is 5.75 Å². The van der Waals surface area contributed by atoms with E-state index >= 15 is 0 Å². The molecule has 0 bridgehead atoms. The second-order valence-corrected chi connectivity index (χ2v) is 4.21. The molecule has 0 radical (unpaired) electrons. The summed E-state index contributed by atoms with van der Waals surface area (Å²) in [6.45, 7) is 5.95. The molecular formula is C10H16N2O. The van der Waals surface area contributed by atoms with Crippen LogP contribution in [0.15, 0.2) is 12.1 Å². The quantitative estimate of drug-likeness (QED) is 0.421. The summed E-state index contributed by atoms with van der Waals surface area (Å²) in [6, 6.07) is 3.19. The van der Waals surface area contributed by atoms with Crippen molar-refractivity contribution in [2.24, 2.45) is 0 Å². The maximum absolute atomic E-state index is 9.62. The number of phenols is 1. The minimum atomic E-state index is -0.191. The van der Waals surface area contributed by atoms with Gasteiger partial charge in [0.2, 0.25) is 0 Å². The molecule has 0 amide bonds. The van der Waals surface area contributed by atoms with Crippen LogP contribution in [0.3, 0.4) is 0 Å². The van der Waals surface area contributed by atoms with E-state index in [0.29, 0.717) is 16.9 Å². The third kappa shape index (κ3) is 1.69. The lowest BCUT2D eigenvalue weighted by atomic mass is 9.84. The van der Waals surface area contributed by atoms with Crippen molar-refractivity contribution in [3.8, 4) is 5.75 Å². The lowest BCUT2D eigenvalue weighted by molar-refractivity contribution is 0.448. The van der Waals surface area contributed by atoms with Crippen LogP contribution in [-0.4, -0.2) is 5.11 Å². The van der Waals surface area contributed by atoms with Crippen LogP contribution in [-0.2, 0) is 5.41 Å². The summed E-state index contributed by atoms with van der Waals surface area (Å²) in [6.07, 6.45) is 0. The summed E-state index contributed by atoms with van der Waals surface area (Å²) in [5.74, 6) is 0.208. The number of nitrogens with two attached hydrogens (primary N) is 2. The predicted molar refractivity (Wildman–Crippen MR) is 55.6 cm³/mol. The first-order chi connectivity index (χ1) is 5.84. The number of nitrogen functional groups attached to an aromatic ring is 2. The molecule has 3 nitrogen and oxygen atoms in total. The fraction of sp³-hybridized carbons (Fsp3) is 0.400. The molecule has 3 heteroatoms. The number of rotatable bonds is 0. The van der Waals surface area contributed by atoms with E-state index in [4.69, 9.17) is 11.5 Å². The van der Waals surface area contributed by atoms with Crippen LogP contribution in [0.25, 0.3) is 0 Å².